The van der Waals surface area contributed by atoms with E-state index in [0.717, 1.165) is 44.9 Å². The van der Waals surface area contributed by atoms with Gasteiger partial charge in [-0.15, -0.1) is 0 Å². The second-order valence-corrected chi connectivity index (χ2v) is 17.3. The van der Waals surface area contributed by atoms with E-state index in [1.165, 1.54) is 135 Å². The fraction of sp³-hybridized carbons (Fsp3) is 0.848. The molecule has 0 aromatic carbocycles. The number of hydrogen-bond acceptors (Lipinski definition) is 9. The number of hydrogen-bond donors (Lipinski definition) is 3. The molecule has 58 heavy (non-hydrogen) atoms. The summed E-state index contributed by atoms with van der Waals surface area (Å²) in [4.78, 5) is 46.0. The molecule has 3 atom stereocenters. The molecule has 340 valence electrons. The van der Waals surface area contributed by atoms with Crippen LogP contribution in [0.15, 0.2) is 24.3 Å². The first kappa shape index (κ1) is 56.0. The number of allylic oxidation sites excluding steroid dienone is 4. The maximum absolute atomic E-state index is 12.7. The van der Waals surface area contributed by atoms with Crippen LogP contribution in [0, 0.1) is 0 Å². The maximum Gasteiger partial charge on any atom is 0.472 e. The van der Waals surface area contributed by atoms with Crippen LogP contribution in [-0.2, 0) is 37.5 Å². The Morgan fingerprint density at radius 1 is 0.517 bits per heavy atom. The summed E-state index contributed by atoms with van der Waals surface area (Å²) in [5.74, 6) is -2.38. The van der Waals surface area contributed by atoms with E-state index in [4.69, 9.17) is 24.8 Å². The number of unbranched alkanes of at least 4 members (excludes halogenated alkanes) is 26. The number of carboxylic acid groups (broad SMARTS) is 1. The molecule has 0 saturated carbocycles. The monoisotopic (exact) mass is 844 g/mol. The van der Waals surface area contributed by atoms with Crippen LogP contribution in [0.1, 0.15) is 219 Å². The van der Waals surface area contributed by atoms with Gasteiger partial charge in [0.1, 0.15) is 12.6 Å². The van der Waals surface area contributed by atoms with Crippen molar-refractivity contribution in [3.05, 3.63) is 24.3 Å². The van der Waals surface area contributed by atoms with Crippen molar-refractivity contribution in [1.29, 1.82) is 0 Å². The van der Waals surface area contributed by atoms with Gasteiger partial charge in [-0.05, 0) is 64.2 Å². The van der Waals surface area contributed by atoms with Crippen LogP contribution in [0.2, 0.25) is 0 Å². The Labute approximate surface area is 353 Å². The van der Waals surface area contributed by atoms with Gasteiger partial charge in [-0.1, -0.05) is 167 Å². The van der Waals surface area contributed by atoms with Crippen molar-refractivity contribution in [3.63, 3.8) is 0 Å². The Morgan fingerprint density at radius 3 is 1.28 bits per heavy atom. The van der Waals surface area contributed by atoms with Crippen LogP contribution in [0.25, 0.3) is 0 Å². The normalized spacial score (nSPS) is 13.9. The molecule has 1 unspecified atom stereocenters. The highest BCUT2D eigenvalue weighted by Crippen LogP contribution is 2.43. The van der Waals surface area contributed by atoms with Crippen LogP contribution in [0.5, 0.6) is 0 Å². The zero-order chi connectivity index (χ0) is 42.8. The molecule has 0 aliphatic carbocycles. The summed E-state index contributed by atoms with van der Waals surface area (Å²) in [6, 6.07) is -1.52. The number of carboxylic acids is 1. The highest BCUT2D eigenvalue weighted by Gasteiger charge is 2.28. The minimum Gasteiger partial charge on any atom is -0.480 e. The highest BCUT2D eigenvalue weighted by molar-refractivity contribution is 7.47. The summed E-state index contributed by atoms with van der Waals surface area (Å²) in [5, 5.41) is 8.90. The third-order valence-corrected chi connectivity index (χ3v) is 11.1. The molecule has 0 aromatic rings. The third-order valence-electron chi connectivity index (χ3n) is 10.2. The van der Waals surface area contributed by atoms with Crippen molar-refractivity contribution in [2.75, 3.05) is 19.8 Å². The molecule has 0 amide bonds. The van der Waals surface area contributed by atoms with Crippen molar-refractivity contribution in [3.8, 4) is 0 Å². The SMILES string of the molecule is CCCCCC/C=C\CCCCCCCCCC(=O)OC[C@H](COP(=O)(O)OC[C@H](N)C(=O)O)OC(=O)CCCCCCCCCCC/C=C\CCCCCCCC. The van der Waals surface area contributed by atoms with Gasteiger partial charge >= 0.3 is 25.7 Å². The Bertz CT molecular complexity index is 1080. The second kappa shape index (κ2) is 41.7. The predicted octanol–water partition coefficient (Wildman–Crippen LogP) is 12.6. The summed E-state index contributed by atoms with van der Waals surface area (Å²) in [5.41, 5.74) is 5.34. The number of carbonyl (C=O) groups is 3. The van der Waals surface area contributed by atoms with Gasteiger partial charge in [0.25, 0.3) is 0 Å². The van der Waals surface area contributed by atoms with Crippen molar-refractivity contribution >= 4 is 25.7 Å². The molecule has 0 aliphatic rings. The largest absolute Gasteiger partial charge is 0.480 e. The summed E-state index contributed by atoms with van der Waals surface area (Å²) < 4.78 is 32.8. The molecule has 0 spiro atoms. The molecule has 0 aromatic heterocycles. The number of rotatable bonds is 44. The second-order valence-electron chi connectivity index (χ2n) is 15.9. The molecule has 11 nitrogen and oxygen atoms in total. The minimum atomic E-state index is -4.72. The lowest BCUT2D eigenvalue weighted by atomic mass is 10.1. The lowest BCUT2D eigenvalue weighted by molar-refractivity contribution is -0.161. The fourth-order valence-corrected chi connectivity index (χ4v) is 7.24. The number of phosphoric acid groups is 1. The van der Waals surface area contributed by atoms with E-state index in [1.54, 1.807) is 0 Å². The molecule has 0 heterocycles. The van der Waals surface area contributed by atoms with E-state index >= 15 is 0 Å². The van der Waals surface area contributed by atoms with Crippen molar-refractivity contribution in [1.82, 2.24) is 0 Å². The van der Waals surface area contributed by atoms with Crippen LogP contribution < -0.4 is 5.73 Å². The zero-order valence-corrected chi connectivity index (χ0v) is 37.8. The average molecular weight is 844 g/mol. The molecule has 0 aliphatic heterocycles. The maximum atomic E-state index is 12.7. The Kier molecular flexibility index (Phi) is 40.2. The zero-order valence-electron chi connectivity index (χ0n) is 36.9. The number of carbonyl (C=O) groups excluding carboxylic acids is 2. The molecule has 0 saturated heterocycles. The number of ether oxygens (including phenoxy) is 2. The molecular formula is C46H86NO10P. The van der Waals surface area contributed by atoms with Gasteiger partial charge in [-0.3, -0.25) is 23.4 Å². The van der Waals surface area contributed by atoms with E-state index in [1.807, 2.05) is 0 Å². The molecule has 12 heteroatoms. The van der Waals surface area contributed by atoms with Gasteiger partial charge in [0.15, 0.2) is 6.10 Å². The first-order valence-corrected chi connectivity index (χ1v) is 24.9. The molecule has 0 radical (unpaired) electrons. The number of aliphatic carboxylic acids is 1. The van der Waals surface area contributed by atoms with Crippen LogP contribution in [-0.4, -0.2) is 59.9 Å². The standard InChI is InChI=1S/C46H86NO10P/c1-3-5-7-9-11-13-15-17-19-20-21-22-24-26-28-30-32-34-36-38-45(49)57-42(40-55-58(52,53)56-41-43(47)46(50)51)39-54-44(48)37-35-33-31-29-27-25-23-18-16-14-12-10-8-6-4-2/h14,16-17,19,42-43H,3-13,15,18,20-41,47H2,1-2H3,(H,50,51)(H,52,53)/b16-14-,19-17-/t42-,43+/m1/s1. The van der Waals surface area contributed by atoms with Gasteiger partial charge in [0.05, 0.1) is 13.2 Å². The Hall–Kier alpha value is -2.04. The van der Waals surface area contributed by atoms with E-state index < -0.39 is 51.1 Å². The van der Waals surface area contributed by atoms with Crippen LogP contribution >= 0.6 is 7.82 Å². The van der Waals surface area contributed by atoms with E-state index in [-0.39, 0.29) is 19.4 Å². The Balaban J connectivity index is 4.30. The van der Waals surface area contributed by atoms with Crippen LogP contribution in [0.3, 0.4) is 0 Å². The topological polar surface area (TPSA) is 172 Å². The Morgan fingerprint density at radius 2 is 0.862 bits per heavy atom. The quantitative estimate of drug-likeness (QED) is 0.0231. The van der Waals surface area contributed by atoms with Gasteiger partial charge < -0.3 is 25.2 Å². The van der Waals surface area contributed by atoms with Gasteiger partial charge in [-0.2, -0.15) is 0 Å². The van der Waals surface area contributed by atoms with Crippen molar-refractivity contribution in [2.45, 2.75) is 231 Å². The first-order chi connectivity index (χ1) is 28.1. The number of nitrogens with two attached hydrogens (primary N) is 1. The lowest BCUT2D eigenvalue weighted by Crippen LogP contribution is -2.34. The average Bonchev–Trinajstić information content (AvgIpc) is 3.20. The van der Waals surface area contributed by atoms with Crippen molar-refractivity contribution in [2.24, 2.45) is 5.73 Å². The van der Waals surface area contributed by atoms with E-state index in [2.05, 4.69) is 42.7 Å². The third kappa shape index (κ3) is 40.7. The molecule has 0 rings (SSSR count). The predicted molar refractivity (Wildman–Crippen MR) is 236 cm³/mol. The molecule has 0 fully saturated rings. The van der Waals surface area contributed by atoms with Gasteiger partial charge in [0.2, 0.25) is 0 Å². The first-order valence-electron chi connectivity index (χ1n) is 23.4. The smallest absolute Gasteiger partial charge is 0.472 e. The fourth-order valence-electron chi connectivity index (χ4n) is 6.47. The molecule has 4 N–H and O–H groups in total. The van der Waals surface area contributed by atoms with E-state index in [9.17, 15) is 23.8 Å². The summed E-state index contributed by atoms with van der Waals surface area (Å²) >= 11 is 0. The number of esters is 2. The van der Waals surface area contributed by atoms with Crippen molar-refractivity contribution < 1.29 is 47.5 Å². The number of phosphoric ester groups is 1. The van der Waals surface area contributed by atoms with Gasteiger partial charge in [-0.25, -0.2) is 4.57 Å². The van der Waals surface area contributed by atoms with Gasteiger partial charge in [0, 0.05) is 12.8 Å². The van der Waals surface area contributed by atoms with Crippen LogP contribution in [0.4, 0.5) is 0 Å². The summed E-state index contributed by atoms with van der Waals surface area (Å²) in [6.45, 7) is 2.80. The lowest BCUT2D eigenvalue weighted by Gasteiger charge is -2.20. The molecule has 0 bridgehead atoms. The summed E-state index contributed by atoms with van der Waals surface area (Å²) in [6.07, 6.45) is 43.8. The summed E-state index contributed by atoms with van der Waals surface area (Å²) in [7, 11) is -4.72. The van der Waals surface area contributed by atoms with E-state index in [0.29, 0.717) is 12.8 Å². The minimum absolute atomic E-state index is 0.160. The highest BCUT2D eigenvalue weighted by atomic mass is 31.2. The molecular weight excluding hydrogens is 757 g/mol.